The summed E-state index contributed by atoms with van der Waals surface area (Å²) >= 11 is 6.22. The number of nitrogens with one attached hydrogen (secondary N) is 3. The number of carbonyl (C=O) groups excluding carboxylic acids is 2. The van der Waals surface area contributed by atoms with E-state index in [1.54, 1.807) is 6.92 Å². The molecule has 1 aliphatic heterocycles. The molecule has 0 bridgehead atoms. The van der Waals surface area contributed by atoms with Gasteiger partial charge < -0.3 is 20.7 Å². The summed E-state index contributed by atoms with van der Waals surface area (Å²) < 4.78 is 5.15. The molecule has 2 rings (SSSR count). The minimum Gasteiger partial charge on any atom is -0.463 e. The van der Waals surface area contributed by atoms with Crippen LogP contribution in [0.2, 0.25) is 5.02 Å². The summed E-state index contributed by atoms with van der Waals surface area (Å²) in [4.78, 5) is 24.2. The zero-order valence-electron chi connectivity index (χ0n) is 14.7. The van der Waals surface area contributed by atoms with Crippen molar-refractivity contribution >= 4 is 23.6 Å². The number of carbonyl (C=O) groups is 2. The van der Waals surface area contributed by atoms with Crippen molar-refractivity contribution in [2.45, 2.75) is 39.3 Å². The summed E-state index contributed by atoms with van der Waals surface area (Å²) in [5.41, 5.74) is 1.95. The van der Waals surface area contributed by atoms with E-state index in [1.165, 1.54) is 0 Å². The number of amides is 2. The molecule has 2 amide bonds. The van der Waals surface area contributed by atoms with Gasteiger partial charge in [-0.3, -0.25) is 0 Å². The Hall–Kier alpha value is -2.05. The Morgan fingerprint density at radius 1 is 1.36 bits per heavy atom. The van der Waals surface area contributed by atoms with Crippen LogP contribution in [-0.4, -0.2) is 31.2 Å². The first-order chi connectivity index (χ1) is 12.0. The van der Waals surface area contributed by atoms with Crippen molar-refractivity contribution in [2.24, 2.45) is 0 Å². The van der Waals surface area contributed by atoms with Crippen LogP contribution in [0.1, 0.15) is 38.8 Å². The van der Waals surface area contributed by atoms with Crippen molar-refractivity contribution in [3.63, 3.8) is 0 Å². The Bertz CT molecular complexity index is 675. The number of halogens is 1. The molecule has 0 unspecified atom stereocenters. The van der Waals surface area contributed by atoms with E-state index in [-0.39, 0.29) is 24.7 Å². The lowest BCUT2D eigenvalue weighted by Crippen LogP contribution is -2.52. The number of esters is 1. The first-order valence-corrected chi connectivity index (χ1v) is 8.81. The highest BCUT2D eigenvalue weighted by Gasteiger charge is 2.31. The van der Waals surface area contributed by atoms with Gasteiger partial charge in [-0.1, -0.05) is 36.7 Å². The van der Waals surface area contributed by atoms with E-state index in [4.69, 9.17) is 16.3 Å². The van der Waals surface area contributed by atoms with Crippen molar-refractivity contribution in [1.29, 1.82) is 0 Å². The molecular formula is C18H24ClN3O3. The van der Waals surface area contributed by atoms with Crippen molar-refractivity contribution in [1.82, 2.24) is 16.0 Å². The maximum Gasteiger partial charge on any atom is 0.337 e. The monoisotopic (exact) mass is 365 g/mol. The Balaban J connectivity index is 2.21. The molecule has 25 heavy (non-hydrogen) atoms. The van der Waals surface area contributed by atoms with Gasteiger partial charge in [0.2, 0.25) is 0 Å². The first kappa shape index (κ1) is 19.3. The second-order valence-electron chi connectivity index (χ2n) is 5.80. The molecule has 136 valence electrons. The number of benzene rings is 1. The quantitative estimate of drug-likeness (QED) is 0.649. The molecule has 7 heteroatoms. The Kier molecular flexibility index (Phi) is 6.84. The van der Waals surface area contributed by atoms with Gasteiger partial charge in [0.25, 0.3) is 0 Å². The minimum absolute atomic E-state index is 0.0449. The van der Waals surface area contributed by atoms with Crippen LogP contribution in [0.3, 0.4) is 0 Å². The average Bonchev–Trinajstić information content (AvgIpc) is 2.59. The third-order valence-corrected chi connectivity index (χ3v) is 4.45. The summed E-state index contributed by atoms with van der Waals surface area (Å²) in [5.74, 6) is -0.413. The zero-order chi connectivity index (χ0) is 18.4. The molecular weight excluding hydrogens is 342 g/mol. The fraction of sp³-hybridized carbons (Fsp3) is 0.444. The molecule has 2 atom stereocenters. The van der Waals surface area contributed by atoms with Crippen molar-refractivity contribution in [3.8, 4) is 0 Å². The molecule has 0 aliphatic carbocycles. The summed E-state index contributed by atoms with van der Waals surface area (Å²) in [6.07, 6.45) is 0.602. The SMILES string of the molecule is CCOC(=O)C1=C(CN[C@@H](C)c2ccccc2Cl)NC(=O)N[C@H]1CC. The second-order valence-corrected chi connectivity index (χ2v) is 6.20. The zero-order valence-corrected chi connectivity index (χ0v) is 15.4. The first-order valence-electron chi connectivity index (χ1n) is 8.43. The van der Waals surface area contributed by atoms with E-state index in [2.05, 4.69) is 16.0 Å². The number of urea groups is 1. The largest absolute Gasteiger partial charge is 0.463 e. The predicted molar refractivity (Wildman–Crippen MR) is 97.3 cm³/mol. The fourth-order valence-electron chi connectivity index (χ4n) is 2.79. The third kappa shape index (κ3) is 4.74. The lowest BCUT2D eigenvalue weighted by Gasteiger charge is -2.29. The van der Waals surface area contributed by atoms with Crippen LogP contribution < -0.4 is 16.0 Å². The van der Waals surface area contributed by atoms with E-state index in [0.29, 0.717) is 29.3 Å². The van der Waals surface area contributed by atoms with E-state index >= 15 is 0 Å². The van der Waals surface area contributed by atoms with Crippen molar-refractivity contribution in [2.75, 3.05) is 13.2 Å². The molecule has 1 heterocycles. The average molecular weight is 366 g/mol. The van der Waals surface area contributed by atoms with Crippen LogP contribution in [0.4, 0.5) is 4.79 Å². The van der Waals surface area contributed by atoms with Crippen LogP contribution in [0.15, 0.2) is 35.5 Å². The molecule has 1 aromatic carbocycles. The molecule has 3 N–H and O–H groups in total. The highest BCUT2D eigenvalue weighted by atomic mass is 35.5. The van der Waals surface area contributed by atoms with Gasteiger partial charge in [0.1, 0.15) is 0 Å². The number of hydrogen-bond acceptors (Lipinski definition) is 4. The van der Waals surface area contributed by atoms with Crippen molar-refractivity contribution < 1.29 is 14.3 Å². The Morgan fingerprint density at radius 2 is 2.08 bits per heavy atom. The predicted octanol–water partition coefficient (Wildman–Crippen LogP) is 2.90. The summed E-state index contributed by atoms with van der Waals surface area (Å²) in [5, 5.41) is 9.46. The normalized spacial score (nSPS) is 18.4. The Morgan fingerprint density at radius 3 is 2.72 bits per heavy atom. The smallest absolute Gasteiger partial charge is 0.337 e. The highest BCUT2D eigenvalue weighted by molar-refractivity contribution is 6.31. The van der Waals surface area contributed by atoms with Gasteiger partial charge in [-0.25, -0.2) is 9.59 Å². The number of hydrogen-bond donors (Lipinski definition) is 3. The molecule has 0 spiro atoms. The van der Waals surface area contributed by atoms with Gasteiger partial charge in [-0.05, 0) is 31.9 Å². The van der Waals surface area contributed by atoms with Crippen LogP contribution in [0.5, 0.6) is 0 Å². The fourth-order valence-corrected chi connectivity index (χ4v) is 3.09. The number of ether oxygens (including phenoxy) is 1. The molecule has 6 nitrogen and oxygen atoms in total. The van der Waals surface area contributed by atoms with Gasteiger partial charge in [-0.2, -0.15) is 0 Å². The molecule has 0 saturated carbocycles. The molecule has 0 aromatic heterocycles. The number of rotatable bonds is 7. The van der Waals surface area contributed by atoms with Gasteiger partial charge in [0.15, 0.2) is 0 Å². The van der Waals surface area contributed by atoms with Gasteiger partial charge in [0, 0.05) is 23.3 Å². The van der Waals surface area contributed by atoms with Crippen LogP contribution in [-0.2, 0) is 9.53 Å². The maximum absolute atomic E-state index is 12.3. The van der Waals surface area contributed by atoms with Gasteiger partial charge in [-0.15, -0.1) is 0 Å². The molecule has 1 aliphatic rings. The maximum atomic E-state index is 12.3. The van der Waals surface area contributed by atoms with Crippen LogP contribution >= 0.6 is 11.6 Å². The summed E-state index contributed by atoms with van der Waals surface area (Å²) in [6.45, 7) is 6.25. The van der Waals surface area contributed by atoms with Crippen molar-refractivity contribution in [3.05, 3.63) is 46.1 Å². The molecule has 0 saturated heterocycles. The summed E-state index contributed by atoms with van der Waals surface area (Å²) in [7, 11) is 0. The third-order valence-electron chi connectivity index (χ3n) is 4.10. The Labute approximate surface area is 153 Å². The molecule has 0 fully saturated rings. The lowest BCUT2D eigenvalue weighted by molar-refractivity contribution is -0.139. The highest BCUT2D eigenvalue weighted by Crippen LogP contribution is 2.23. The van der Waals surface area contributed by atoms with Crippen LogP contribution in [0, 0.1) is 0 Å². The van der Waals surface area contributed by atoms with Gasteiger partial charge in [0.05, 0.1) is 18.2 Å². The summed E-state index contributed by atoms with van der Waals surface area (Å²) in [6, 6.07) is 6.84. The molecule has 1 aromatic rings. The van der Waals surface area contributed by atoms with Gasteiger partial charge >= 0.3 is 12.0 Å². The van der Waals surface area contributed by atoms with Crippen LogP contribution in [0.25, 0.3) is 0 Å². The standard InChI is InChI=1S/C18H24ClN3O3/c1-4-14-16(17(23)25-5-2)15(22-18(24)21-14)10-20-11(3)12-8-6-7-9-13(12)19/h6-9,11,14,20H,4-5,10H2,1-3H3,(H2,21,22,24)/t11-,14-/m0/s1. The minimum atomic E-state index is -0.413. The second kappa shape index (κ2) is 8.87. The van der Waals surface area contributed by atoms with E-state index < -0.39 is 5.97 Å². The van der Waals surface area contributed by atoms with E-state index in [0.717, 1.165) is 5.56 Å². The van der Waals surface area contributed by atoms with E-state index in [1.807, 2.05) is 38.1 Å². The topological polar surface area (TPSA) is 79.5 Å². The lowest BCUT2D eigenvalue weighted by atomic mass is 10.00. The van der Waals surface area contributed by atoms with E-state index in [9.17, 15) is 9.59 Å². The molecule has 0 radical (unpaired) electrons.